The molecule has 1 heterocycles. The highest BCUT2D eigenvalue weighted by molar-refractivity contribution is 7.96. The summed E-state index contributed by atoms with van der Waals surface area (Å²) < 4.78 is 57.3. The van der Waals surface area contributed by atoms with Gasteiger partial charge in [0.2, 0.25) is 0 Å². The number of ether oxygens (including phenoxy) is 1. The lowest BCUT2D eigenvalue weighted by molar-refractivity contribution is 0.0691. The number of carbonyl (C=O) groups is 1. The van der Waals surface area contributed by atoms with Crippen molar-refractivity contribution in [2.45, 2.75) is 34.8 Å². The minimum atomic E-state index is -4.07. The van der Waals surface area contributed by atoms with Crippen molar-refractivity contribution in [1.29, 1.82) is 0 Å². The maximum Gasteiger partial charge on any atom is 0.339 e. The van der Waals surface area contributed by atoms with Crippen molar-refractivity contribution in [1.82, 2.24) is 0 Å². The van der Waals surface area contributed by atoms with Crippen molar-refractivity contribution in [3.8, 4) is 5.75 Å². The molecule has 1 aliphatic heterocycles. The molecule has 3 rings (SSSR count). The average molecular weight is 424 g/mol. The summed E-state index contributed by atoms with van der Waals surface area (Å²) in [4.78, 5) is 11.5. The Kier molecular flexibility index (Phi) is 5.49. The number of rotatable bonds is 7. The molecule has 0 aromatic heterocycles. The van der Waals surface area contributed by atoms with Crippen molar-refractivity contribution in [2.75, 3.05) is 12.4 Å². The van der Waals surface area contributed by atoms with E-state index in [0.717, 1.165) is 18.6 Å². The number of fused-ring (bicyclic) bond motifs is 1. The minimum absolute atomic E-state index is 0.0247. The summed E-state index contributed by atoms with van der Waals surface area (Å²) in [7, 11) is -7.96. The Morgan fingerprint density at radius 1 is 1.18 bits per heavy atom. The van der Waals surface area contributed by atoms with E-state index in [2.05, 4.69) is 0 Å². The zero-order chi connectivity index (χ0) is 20.5. The summed E-state index contributed by atoms with van der Waals surface area (Å²) in [6, 6.07) is 9.82. The number of aromatic carboxylic acids is 1. The van der Waals surface area contributed by atoms with E-state index in [-0.39, 0.29) is 33.3 Å². The molecule has 1 aliphatic rings. The first-order valence-corrected chi connectivity index (χ1v) is 11.9. The molecule has 9 heteroatoms. The number of unbranched alkanes of at least 4 members (excludes halogenated alkanes) is 1. The number of benzene rings is 2. The molecule has 28 heavy (non-hydrogen) atoms. The maximum atomic E-state index is 13.2. The minimum Gasteiger partial charge on any atom is -0.492 e. The lowest BCUT2D eigenvalue weighted by atomic mass is 10.1. The van der Waals surface area contributed by atoms with Crippen molar-refractivity contribution in [3.63, 3.8) is 0 Å². The molecule has 1 atom stereocenters. The normalized spacial score (nSPS) is 17.8. The summed E-state index contributed by atoms with van der Waals surface area (Å²) in [6.45, 7) is 2.08. The van der Waals surface area contributed by atoms with Crippen LogP contribution >= 0.6 is 0 Å². The van der Waals surface area contributed by atoms with E-state index >= 15 is 0 Å². The van der Waals surface area contributed by atoms with Gasteiger partial charge in [-0.05, 0) is 30.7 Å². The third-order valence-corrected chi connectivity index (χ3v) is 8.69. The van der Waals surface area contributed by atoms with Gasteiger partial charge in [-0.3, -0.25) is 0 Å². The molecule has 1 N–H and O–H groups in total. The third-order valence-electron chi connectivity index (χ3n) is 4.60. The van der Waals surface area contributed by atoms with Crippen molar-refractivity contribution in [2.24, 2.45) is 0 Å². The second kappa shape index (κ2) is 7.56. The second-order valence-corrected chi connectivity index (χ2v) is 10.6. The monoisotopic (exact) mass is 424 g/mol. The van der Waals surface area contributed by atoms with Crippen molar-refractivity contribution in [3.05, 3.63) is 53.6 Å². The lowest BCUT2D eigenvalue weighted by Crippen LogP contribution is -2.17. The molecule has 0 spiro atoms. The summed E-state index contributed by atoms with van der Waals surface area (Å²) in [5, 5.41) is 8.09. The van der Waals surface area contributed by atoms with Gasteiger partial charge < -0.3 is 9.84 Å². The Morgan fingerprint density at radius 3 is 2.46 bits per heavy atom. The van der Waals surface area contributed by atoms with E-state index in [1.165, 1.54) is 12.1 Å². The summed E-state index contributed by atoms with van der Waals surface area (Å²) in [6.07, 6.45) is 1.40. The van der Waals surface area contributed by atoms with Gasteiger partial charge in [-0.2, -0.15) is 0 Å². The molecule has 0 radical (unpaired) electrons. The standard InChI is InChI=1S/C19H20O7S2/c1-2-3-11-26-18-14(19(20)21)9-10-15-17(18)16(12-27(15,22)23)28(24,25)13-7-5-4-6-8-13/h4-10,16H,2-3,11-12H2,1H3,(H,20,21). The first-order valence-electron chi connectivity index (χ1n) is 8.75. The molecule has 150 valence electrons. The molecule has 0 aliphatic carbocycles. The van der Waals surface area contributed by atoms with Crippen LogP contribution in [0.2, 0.25) is 0 Å². The molecule has 0 saturated carbocycles. The topological polar surface area (TPSA) is 115 Å². The van der Waals surface area contributed by atoms with Crippen LogP contribution in [-0.2, 0) is 19.7 Å². The lowest BCUT2D eigenvalue weighted by Gasteiger charge is -2.18. The fourth-order valence-corrected chi connectivity index (χ4v) is 7.52. The van der Waals surface area contributed by atoms with Crippen LogP contribution < -0.4 is 4.74 Å². The summed E-state index contributed by atoms with van der Waals surface area (Å²) >= 11 is 0. The maximum absolute atomic E-state index is 13.2. The molecule has 7 nitrogen and oxygen atoms in total. The number of hydrogen-bond donors (Lipinski definition) is 1. The Balaban J connectivity index is 2.24. The van der Waals surface area contributed by atoms with Gasteiger partial charge in [-0.1, -0.05) is 31.5 Å². The van der Waals surface area contributed by atoms with Crippen LogP contribution in [0.1, 0.15) is 40.9 Å². The Bertz CT molecular complexity index is 1100. The van der Waals surface area contributed by atoms with Gasteiger partial charge in [0.15, 0.2) is 19.7 Å². The van der Waals surface area contributed by atoms with Gasteiger partial charge in [0, 0.05) is 5.56 Å². The van der Waals surface area contributed by atoms with E-state index in [4.69, 9.17) is 4.74 Å². The largest absolute Gasteiger partial charge is 0.492 e. The Hall–Kier alpha value is -2.39. The van der Waals surface area contributed by atoms with Gasteiger partial charge in [0.1, 0.15) is 16.6 Å². The molecular weight excluding hydrogens is 404 g/mol. The number of hydrogen-bond acceptors (Lipinski definition) is 6. The van der Waals surface area contributed by atoms with Crippen LogP contribution in [0.25, 0.3) is 0 Å². The fourth-order valence-electron chi connectivity index (χ4n) is 3.19. The fraction of sp³-hybridized carbons (Fsp3) is 0.316. The van der Waals surface area contributed by atoms with Gasteiger partial charge in [0.05, 0.1) is 22.2 Å². The predicted octanol–water partition coefficient (Wildman–Crippen LogP) is 2.87. The van der Waals surface area contributed by atoms with Gasteiger partial charge in [-0.25, -0.2) is 21.6 Å². The molecule has 2 aromatic carbocycles. The highest BCUT2D eigenvalue weighted by Crippen LogP contribution is 2.47. The van der Waals surface area contributed by atoms with Crippen LogP contribution in [-0.4, -0.2) is 40.3 Å². The van der Waals surface area contributed by atoms with Crippen molar-refractivity contribution >= 4 is 25.6 Å². The van der Waals surface area contributed by atoms with Crippen LogP contribution in [0.4, 0.5) is 0 Å². The highest BCUT2D eigenvalue weighted by atomic mass is 32.2. The molecule has 0 fully saturated rings. The van der Waals surface area contributed by atoms with Crippen LogP contribution in [0, 0.1) is 0 Å². The average Bonchev–Trinajstić information content (AvgIpc) is 2.95. The molecule has 0 bridgehead atoms. The van der Waals surface area contributed by atoms with E-state index in [1.54, 1.807) is 18.2 Å². The second-order valence-electron chi connectivity index (χ2n) is 6.49. The van der Waals surface area contributed by atoms with E-state index in [0.29, 0.717) is 6.42 Å². The van der Waals surface area contributed by atoms with Gasteiger partial charge >= 0.3 is 5.97 Å². The summed E-state index contributed by atoms with van der Waals surface area (Å²) in [5.41, 5.74) is -0.333. The predicted molar refractivity (Wildman–Crippen MR) is 102 cm³/mol. The summed E-state index contributed by atoms with van der Waals surface area (Å²) in [5.74, 6) is -2.13. The van der Waals surface area contributed by atoms with Gasteiger partial charge in [0.25, 0.3) is 0 Å². The van der Waals surface area contributed by atoms with E-state index in [9.17, 15) is 26.7 Å². The highest BCUT2D eigenvalue weighted by Gasteiger charge is 2.46. The van der Waals surface area contributed by atoms with Crippen LogP contribution in [0.5, 0.6) is 5.75 Å². The van der Waals surface area contributed by atoms with Crippen LogP contribution in [0.15, 0.2) is 52.3 Å². The number of carboxylic acid groups (broad SMARTS) is 1. The number of carboxylic acids is 1. The molecule has 0 saturated heterocycles. The SMILES string of the molecule is CCCCOc1c(C(=O)O)ccc2c1C(S(=O)(=O)c1ccccc1)CS2(=O)=O. The van der Waals surface area contributed by atoms with Crippen LogP contribution in [0.3, 0.4) is 0 Å². The van der Waals surface area contributed by atoms with Gasteiger partial charge in [-0.15, -0.1) is 0 Å². The first-order chi connectivity index (χ1) is 13.2. The smallest absolute Gasteiger partial charge is 0.339 e. The zero-order valence-corrected chi connectivity index (χ0v) is 16.8. The molecular formula is C19H20O7S2. The number of sulfone groups is 2. The Morgan fingerprint density at radius 2 is 1.86 bits per heavy atom. The molecule has 1 unspecified atom stereocenters. The van der Waals surface area contributed by atoms with Crippen molar-refractivity contribution < 1.29 is 31.5 Å². The molecule has 0 amide bonds. The molecule has 2 aromatic rings. The Labute approximate surface area is 163 Å². The third kappa shape index (κ3) is 3.51. The first kappa shape index (κ1) is 20.3. The quantitative estimate of drug-likeness (QED) is 0.680. The van der Waals surface area contributed by atoms with E-state index < -0.39 is 36.6 Å². The van der Waals surface area contributed by atoms with E-state index in [1.807, 2.05) is 6.92 Å². The zero-order valence-electron chi connectivity index (χ0n) is 15.2.